The summed E-state index contributed by atoms with van der Waals surface area (Å²) in [6.45, 7) is 3.03. The number of nitrogens with zero attached hydrogens (tertiary/aromatic N) is 2. The number of ether oxygens (including phenoxy) is 2. The summed E-state index contributed by atoms with van der Waals surface area (Å²) >= 11 is 5.94. The van der Waals surface area contributed by atoms with E-state index in [0.717, 1.165) is 29.8 Å². The van der Waals surface area contributed by atoms with E-state index in [0.29, 0.717) is 17.4 Å². The first-order chi connectivity index (χ1) is 8.74. The SMILES string of the molecule is CCCn1c(CCl)nc2cc(OC)c(OC)cc21. The van der Waals surface area contributed by atoms with Gasteiger partial charge in [-0.25, -0.2) is 4.98 Å². The second-order valence-electron chi connectivity index (χ2n) is 4.01. The van der Waals surface area contributed by atoms with Gasteiger partial charge in [0, 0.05) is 18.7 Å². The van der Waals surface area contributed by atoms with Crippen molar-refractivity contribution in [2.45, 2.75) is 25.8 Å². The third kappa shape index (κ3) is 2.12. The molecule has 0 saturated heterocycles. The molecule has 0 aliphatic carbocycles. The maximum absolute atomic E-state index is 5.94. The number of aryl methyl sites for hydroxylation is 1. The van der Waals surface area contributed by atoms with E-state index >= 15 is 0 Å². The average molecular weight is 269 g/mol. The molecule has 1 aromatic heterocycles. The van der Waals surface area contributed by atoms with Crippen molar-refractivity contribution >= 4 is 22.6 Å². The van der Waals surface area contributed by atoms with Crippen molar-refractivity contribution in [3.8, 4) is 11.5 Å². The first-order valence-corrected chi connectivity index (χ1v) is 6.45. The van der Waals surface area contributed by atoms with Gasteiger partial charge in [-0.3, -0.25) is 0 Å². The summed E-state index contributed by atoms with van der Waals surface area (Å²) in [7, 11) is 3.25. The standard InChI is InChI=1S/C13H17ClN2O2/c1-4-5-16-10-7-12(18-3)11(17-2)6-9(10)15-13(16)8-14/h6-7H,4-5,8H2,1-3H3. The number of alkyl halides is 1. The summed E-state index contributed by atoms with van der Waals surface area (Å²) in [5.74, 6) is 2.68. The van der Waals surface area contributed by atoms with Crippen molar-refractivity contribution in [2.75, 3.05) is 14.2 Å². The number of halogens is 1. The molecule has 2 rings (SSSR count). The van der Waals surface area contributed by atoms with E-state index in [2.05, 4.69) is 16.5 Å². The highest BCUT2D eigenvalue weighted by Gasteiger charge is 2.13. The van der Waals surface area contributed by atoms with Crippen LogP contribution in [-0.2, 0) is 12.4 Å². The van der Waals surface area contributed by atoms with Crippen LogP contribution in [0.2, 0.25) is 0 Å². The van der Waals surface area contributed by atoms with Crippen molar-refractivity contribution in [3.05, 3.63) is 18.0 Å². The number of aromatic nitrogens is 2. The van der Waals surface area contributed by atoms with Crippen LogP contribution < -0.4 is 9.47 Å². The lowest BCUT2D eigenvalue weighted by Crippen LogP contribution is -2.01. The Hall–Kier alpha value is -1.42. The molecule has 0 unspecified atom stereocenters. The zero-order valence-electron chi connectivity index (χ0n) is 10.9. The van der Waals surface area contributed by atoms with Gasteiger partial charge < -0.3 is 14.0 Å². The molecule has 0 bridgehead atoms. The molecule has 0 amide bonds. The van der Waals surface area contributed by atoms with E-state index in [1.54, 1.807) is 14.2 Å². The summed E-state index contributed by atoms with van der Waals surface area (Å²) in [5.41, 5.74) is 1.92. The number of methoxy groups -OCH3 is 2. The molecule has 2 aromatic rings. The predicted octanol–water partition coefficient (Wildman–Crippen LogP) is 3.20. The molecule has 0 radical (unpaired) electrons. The summed E-state index contributed by atoms with van der Waals surface area (Å²) in [5, 5.41) is 0. The fourth-order valence-electron chi connectivity index (χ4n) is 2.08. The van der Waals surface area contributed by atoms with E-state index in [9.17, 15) is 0 Å². The summed E-state index contributed by atoms with van der Waals surface area (Å²) in [6, 6.07) is 3.84. The van der Waals surface area contributed by atoms with Crippen LogP contribution in [0.25, 0.3) is 11.0 Å². The Morgan fingerprint density at radius 3 is 2.44 bits per heavy atom. The van der Waals surface area contributed by atoms with Gasteiger partial charge in [0.25, 0.3) is 0 Å². The lowest BCUT2D eigenvalue weighted by molar-refractivity contribution is 0.355. The number of hydrogen-bond donors (Lipinski definition) is 0. The maximum Gasteiger partial charge on any atom is 0.163 e. The second kappa shape index (κ2) is 5.48. The van der Waals surface area contributed by atoms with E-state index in [4.69, 9.17) is 21.1 Å². The Bertz CT molecular complexity index is 551. The highest BCUT2D eigenvalue weighted by molar-refractivity contribution is 6.16. The quantitative estimate of drug-likeness (QED) is 0.782. The Balaban J connectivity index is 2.66. The zero-order chi connectivity index (χ0) is 13.1. The Kier molecular flexibility index (Phi) is 3.97. The monoisotopic (exact) mass is 268 g/mol. The molecular weight excluding hydrogens is 252 g/mol. The van der Waals surface area contributed by atoms with Crippen molar-refractivity contribution in [3.63, 3.8) is 0 Å². The minimum Gasteiger partial charge on any atom is -0.493 e. The molecule has 4 nitrogen and oxygen atoms in total. The fourth-order valence-corrected chi connectivity index (χ4v) is 2.28. The first-order valence-electron chi connectivity index (χ1n) is 5.92. The average Bonchev–Trinajstić information content (AvgIpc) is 2.75. The summed E-state index contributed by atoms with van der Waals surface area (Å²) in [6.07, 6.45) is 1.03. The van der Waals surface area contributed by atoms with Crippen molar-refractivity contribution < 1.29 is 9.47 Å². The largest absolute Gasteiger partial charge is 0.493 e. The molecule has 5 heteroatoms. The number of fused-ring (bicyclic) bond motifs is 1. The molecule has 98 valence electrons. The fraction of sp³-hybridized carbons (Fsp3) is 0.462. The Morgan fingerprint density at radius 2 is 1.89 bits per heavy atom. The van der Waals surface area contributed by atoms with E-state index < -0.39 is 0 Å². The highest BCUT2D eigenvalue weighted by atomic mass is 35.5. The lowest BCUT2D eigenvalue weighted by Gasteiger charge is -2.09. The molecule has 0 aliphatic rings. The van der Waals surface area contributed by atoms with Gasteiger partial charge in [-0.1, -0.05) is 6.92 Å². The third-order valence-electron chi connectivity index (χ3n) is 2.90. The minimum atomic E-state index is 0.402. The van der Waals surface area contributed by atoms with E-state index in [1.165, 1.54) is 0 Å². The summed E-state index contributed by atoms with van der Waals surface area (Å²) < 4.78 is 12.7. The molecule has 1 aromatic carbocycles. The molecule has 0 N–H and O–H groups in total. The number of benzene rings is 1. The highest BCUT2D eigenvalue weighted by Crippen LogP contribution is 2.32. The van der Waals surface area contributed by atoms with E-state index in [1.807, 2.05) is 12.1 Å². The van der Waals surface area contributed by atoms with Crippen molar-refractivity contribution in [1.29, 1.82) is 0 Å². The Labute approximate surface area is 111 Å². The van der Waals surface area contributed by atoms with Crippen LogP contribution in [0.5, 0.6) is 11.5 Å². The van der Waals surface area contributed by atoms with Crippen LogP contribution in [0.4, 0.5) is 0 Å². The van der Waals surface area contributed by atoms with Crippen LogP contribution in [0.15, 0.2) is 12.1 Å². The van der Waals surface area contributed by atoms with Gasteiger partial charge in [-0.05, 0) is 6.42 Å². The van der Waals surface area contributed by atoms with Crippen LogP contribution in [-0.4, -0.2) is 23.8 Å². The van der Waals surface area contributed by atoms with Gasteiger partial charge in [0.2, 0.25) is 0 Å². The van der Waals surface area contributed by atoms with Gasteiger partial charge in [0.05, 0.1) is 31.1 Å². The van der Waals surface area contributed by atoms with Crippen LogP contribution in [0.3, 0.4) is 0 Å². The molecule has 0 aliphatic heterocycles. The zero-order valence-corrected chi connectivity index (χ0v) is 11.6. The Morgan fingerprint density at radius 1 is 1.22 bits per heavy atom. The molecule has 1 heterocycles. The van der Waals surface area contributed by atoms with Crippen molar-refractivity contribution in [1.82, 2.24) is 9.55 Å². The van der Waals surface area contributed by atoms with Gasteiger partial charge in [-0.2, -0.15) is 0 Å². The van der Waals surface area contributed by atoms with Gasteiger partial charge in [0.15, 0.2) is 11.5 Å². The third-order valence-corrected chi connectivity index (χ3v) is 3.14. The molecule has 0 saturated carbocycles. The molecule has 0 fully saturated rings. The maximum atomic E-state index is 5.94. The normalized spacial score (nSPS) is 10.9. The number of rotatable bonds is 5. The number of hydrogen-bond acceptors (Lipinski definition) is 3. The van der Waals surface area contributed by atoms with E-state index in [-0.39, 0.29) is 0 Å². The van der Waals surface area contributed by atoms with Crippen LogP contribution >= 0.6 is 11.6 Å². The molecule has 0 atom stereocenters. The minimum absolute atomic E-state index is 0.402. The topological polar surface area (TPSA) is 36.3 Å². The predicted molar refractivity (Wildman–Crippen MR) is 72.7 cm³/mol. The molecular formula is C13H17ClN2O2. The van der Waals surface area contributed by atoms with Gasteiger partial charge in [-0.15, -0.1) is 11.6 Å². The van der Waals surface area contributed by atoms with Gasteiger partial charge in [0.1, 0.15) is 5.82 Å². The summed E-state index contributed by atoms with van der Waals surface area (Å²) in [4.78, 5) is 4.53. The molecule has 18 heavy (non-hydrogen) atoms. The second-order valence-corrected chi connectivity index (χ2v) is 4.28. The van der Waals surface area contributed by atoms with Crippen molar-refractivity contribution in [2.24, 2.45) is 0 Å². The van der Waals surface area contributed by atoms with Crippen LogP contribution in [0, 0.1) is 0 Å². The van der Waals surface area contributed by atoms with Gasteiger partial charge >= 0.3 is 0 Å². The lowest BCUT2D eigenvalue weighted by atomic mass is 10.2. The molecule has 0 spiro atoms. The number of imidazole rings is 1. The first kappa shape index (κ1) is 13.0. The smallest absolute Gasteiger partial charge is 0.163 e. The van der Waals surface area contributed by atoms with Crippen LogP contribution in [0.1, 0.15) is 19.2 Å².